The molecule has 0 aromatic heterocycles. The highest BCUT2D eigenvalue weighted by molar-refractivity contribution is 4.59. The van der Waals surface area contributed by atoms with Crippen LogP contribution in [0.1, 0.15) is 13.3 Å². The summed E-state index contributed by atoms with van der Waals surface area (Å²) in [5.74, 6) is -0.426. The topological polar surface area (TPSA) is 83.6 Å². The summed E-state index contributed by atoms with van der Waals surface area (Å²) in [5, 5.41) is 27.4. The second-order valence-electron chi connectivity index (χ2n) is 2.65. The molecule has 0 saturated carbocycles. The van der Waals surface area contributed by atoms with Crippen LogP contribution >= 0.6 is 0 Å². The first-order valence-corrected chi connectivity index (χ1v) is 3.47. The van der Waals surface area contributed by atoms with Gasteiger partial charge in [-0.05, 0) is 13.3 Å². The zero-order chi connectivity index (χ0) is 8.85. The normalized spacial score (nSPS) is 15.9. The zero-order valence-electron chi connectivity index (χ0n) is 6.43. The molecule has 0 fully saturated rings. The molecule has 0 radical (unpaired) electrons. The fourth-order valence-corrected chi connectivity index (χ4v) is 0.900. The van der Waals surface area contributed by atoms with E-state index in [0.29, 0.717) is 0 Å². The highest BCUT2D eigenvalue weighted by atomic mass is 16.6. The van der Waals surface area contributed by atoms with Crippen molar-refractivity contribution in [3.8, 4) is 0 Å². The molecule has 0 heterocycles. The van der Waals surface area contributed by atoms with Crippen molar-refractivity contribution in [3.63, 3.8) is 0 Å². The van der Waals surface area contributed by atoms with E-state index in [0.717, 1.165) is 0 Å². The van der Waals surface area contributed by atoms with Gasteiger partial charge in [-0.2, -0.15) is 0 Å². The Kier molecular flexibility index (Phi) is 4.72. The van der Waals surface area contributed by atoms with E-state index < -0.39 is 16.9 Å². The van der Waals surface area contributed by atoms with E-state index in [1.54, 1.807) is 6.92 Å². The van der Waals surface area contributed by atoms with Crippen LogP contribution in [-0.4, -0.2) is 34.4 Å². The SMILES string of the molecule is CC(O)CC(CO)C[N+](=O)[O-]. The van der Waals surface area contributed by atoms with Crippen molar-refractivity contribution in [3.05, 3.63) is 10.1 Å². The van der Waals surface area contributed by atoms with E-state index in [9.17, 15) is 10.1 Å². The fourth-order valence-electron chi connectivity index (χ4n) is 0.900. The fraction of sp³-hybridized carbons (Fsp3) is 1.00. The molecule has 0 bridgehead atoms. The van der Waals surface area contributed by atoms with Gasteiger partial charge in [0.1, 0.15) is 0 Å². The highest BCUT2D eigenvalue weighted by Crippen LogP contribution is 2.05. The standard InChI is InChI=1S/C6H13NO4/c1-5(9)2-6(4-8)3-7(10)11/h5-6,8-9H,2-4H2,1H3. The minimum atomic E-state index is -0.591. The molecule has 0 amide bonds. The molecule has 0 spiro atoms. The lowest BCUT2D eigenvalue weighted by Gasteiger charge is -2.10. The van der Waals surface area contributed by atoms with Gasteiger partial charge in [0, 0.05) is 10.8 Å². The average Bonchev–Trinajstić information content (AvgIpc) is 1.84. The number of rotatable bonds is 5. The van der Waals surface area contributed by atoms with Crippen molar-refractivity contribution in [1.82, 2.24) is 0 Å². The molecule has 66 valence electrons. The van der Waals surface area contributed by atoms with Crippen molar-refractivity contribution >= 4 is 0 Å². The maximum absolute atomic E-state index is 9.96. The largest absolute Gasteiger partial charge is 0.396 e. The van der Waals surface area contributed by atoms with Crippen LogP contribution in [0.25, 0.3) is 0 Å². The molecule has 0 saturated heterocycles. The summed E-state index contributed by atoms with van der Waals surface area (Å²) in [4.78, 5) is 9.48. The van der Waals surface area contributed by atoms with E-state index in [1.165, 1.54) is 0 Å². The van der Waals surface area contributed by atoms with Crippen molar-refractivity contribution in [1.29, 1.82) is 0 Å². The molecule has 0 aliphatic carbocycles. The van der Waals surface area contributed by atoms with Gasteiger partial charge in [-0.1, -0.05) is 0 Å². The monoisotopic (exact) mass is 163 g/mol. The van der Waals surface area contributed by atoms with E-state index in [2.05, 4.69) is 0 Å². The lowest BCUT2D eigenvalue weighted by atomic mass is 10.0. The molecule has 0 aromatic carbocycles. The Labute approximate surface area is 64.8 Å². The summed E-state index contributed by atoms with van der Waals surface area (Å²) in [6, 6.07) is 0. The number of aliphatic hydroxyl groups excluding tert-OH is 2. The first-order chi connectivity index (χ1) is 5.06. The van der Waals surface area contributed by atoms with E-state index in [-0.39, 0.29) is 19.6 Å². The van der Waals surface area contributed by atoms with Crippen LogP contribution in [0.4, 0.5) is 0 Å². The van der Waals surface area contributed by atoms with Crippen LogP contribution in [0.15, 0.2) is 0 Å². The number of hydrogen-bond donors (Lipinski definition) is 2. The van der Waals surface area contributed by atoms with Crippen LogP contribution in [0.3, 0.4) is 0 Å². The maximum atomic E-state index is 9.96. The van der Waals surface area contributed by atoms with Gasteiger partial charge >= 0.3 is 0 Å². The Morgan fingerprint density at radius 2 is 2.18 bits per heavy atom. The lowest BCUT2D eigenvalue weighted by molar-refractivity contribution is -0.489. The van der Waals surface area contributed by atoms with Crippen molar-refractivity contribution in [2.75, 3.05) is 13.2 Å². The van der Waals surface area contributed by atoms with Gasteiger partial charge in [-0.3, -0.25) is 10.1 Å². The molecular formula is C6H13NO4. The first-order valence-electron chi connectivity index (χ1n) is 3.47. The van der Waals surface area contributed by atoms with Crippen LogP contribution < -0.4 is 0 Å². The summed E-state index contributed by atoms with van der Waals surface area (Å²) in [5.41, 5.74) is 0. The van der Waals surface area contributed by atoms with E-state index in [1.807, 2.05) is 0 Å². The molecule has 2 atom stereocenters. The minimum Gasteiger partial charge on any atom is -0.396 e. The molecule has 11 heavy (non-hydrogen) atoms. The third kappa shape index (κ3) is 5.75. The summed E-state index contributed by atoms with van der Waals surface area (Å²) in [7, 11) is 0. The van der Waals surface area contributed by atoms with Gasteiger partial charge in [-0.25, -0.2) is 0 Å². The molecule has 2 unspecified atom stereocenters. The Bertz CT molecular complexity index is 126. The summed E-state index contributed by atoms with van der Waals surface area (Å²) < 4.78 is 0. The number of hydrogen-bond acceptors (Lipinski definition) is 4. The predicted molar refractivity (Wildman–Crippen MR) is 38.7 cm³/mol. The predicted octanol–water partition coefficient (Wildman–Crippen LogP) is -0.357. The van der Waals surface area contributed by atoms with Crippen LogP contribution in [0, 0.1) is 16.0 Å². The Balaban J connectivity index is 3.66. The average molecular weight is 163 g/mol. The van der Waals surface area contributed by atoms with Crippen LogP contribution in [0.5, 0.6) is 0 Å². The third-order valence-electron chi connectivity index (χ3n) is 1.34. The van der Waals surface area contributed by atoms with Crippen molar-refractivity contribution in [2.24, 2.45) is 5.92 Å². The van der Waals surface area contributed by atoms with Gasteiger partial charge in [0.25, 0.3) is 0 Å². The third-order valence-corrected chi connectivity index (χ3v) is 1.34. The molecular weight excluding hydrogens is 150 g/mol. The summed E-state index contributed by atoms with van der Waals surface area (Å²) in [6.45, 7) is 1.02. The van der Waals surface area contributed by atoms with Gasteiger partial charge in [0.2, 0.25) is 6.54 Å². The van der Waals surface area contributed by atoms with E-state index >= 15 is 0 Å². The smallest absolute Gasteiger partial charge is 0.208 e. The van der Waals surface area contributed by atoms with Crippen molar-refractivity contribution < 1.29 is 15.1 Å². The number of nitrogens with zero attached hydrogens (tertiary/aromatic N) is 1. The molecule has 0 aromatic rings. The van der Waals surface area contributed by atoms with Crippen LogP contribution in [0.2, 0.25) is 0 Å². The Hall–Kier alpha value is -0.680. The van der Waals surface area contributed by atoms with Crippen molar-refractivity contribution in [2.45, 2.75) is 19.4 Å². The maximum Gasteiger partial charge on any atom is 0.208 e. The lowest BCUT2D eigenvalue weighted by Crippen LogP contribution is -2.21. The quantitative estimate of drug-likeness (QED) is 0.428. The molecule has 0 aliphatic heterocycles. The number of aliphatic hydroxyl groups is 2. The zero-order valence-corrected chi connectivity index (χ0v) is 6.43. The minimum absolute atomic E-state index is 0.244. The van der Waals surface area contributed by atoms with Gasteiger partial charge in [-0.15, -0.1) is 0 Å². The second kappa shape index (κ2) is 5.03. The van der Waals surface area contributed by atoms with Gasteiger partial charge < -0.3 is 10.2 Å². The Morgan fingerprint density at radius 1 is 1.64 bits per heavy atom. The van der Waals surface area contributed by atoms with Crippen LogP contribution in [-0.2, 0) is 0 Å². The first kappa shape index (κ1) is 10.3. The molecule has 0 rings (SSSR count). The molecule has 5 nitrogen and oxygen atoms in total. The van der Waals surface area contributed by atoms with E-state index in [4.69, 9.17) is 10.2 Å². The summed E-state index contributed by atoms with van der Waals surface area (Å²) in [6.07, 6.45) is -0.315. The van der Waals surface area contributed by atoms with Gasteiger partial charge in [0.05, 0.1) is 12.7 Å². The Morgan fingerprint density at radius 3 is 2.45 bits per heavy atom. The van der Waals surface area contributed by atoms with Gasteiger partial charge in [0.15, 0.2) is 0 Å². The molecule has 0 aliphatic rings. The number of nitro groups is 1. The second-order valence-corrected chi connectivity index (χ2v) is 2.65. The molecule has 2 N–H and O–H groups in total. The summed E-state index contributed by atoms with van der Waals surface area (Å²) >= 11 is 0. The molecule has 5 heteroatoms. The highest BCUT2D eigenvalue weighted by Gasteiger charge is 2.16.